The van der Waals surface area contributed by atoms with E-state index in [1.165, 1.54) is 17.3 Å². The van der Waals surface area contributed by atoms with Gasteiger partial charge in [0.25, 0.3) is 15.8 Å². The Morgan fingerprint density at radius 3 is 2.23 bits per heavy atom. The van der Waals surface area contributed by atoms with Crippen molar-refractivity contribution in [1.82, 2.24) is 0 Å². The molecule has 2 aromatic carbocycles. The summed E-state index contributed by atoms with van der Waals surface area (Å²) < 4.78 is 35.9. The molecule has 1 heterocycles. The molecule has 30 heavy (non-hydrogen) atoms. The minimum atomic E-state index is -3.64. The van der Waals surface area contributed by atoms with Crippen LogP contribution in [0, 0.1) is 16.0 Å². The van der Waals surface area contributed by atoms with Crippen LogP contribution < -0.4 is 5.19 Å². The molecule has 0 aliphatic carbocycles. The van der Waals surface area contributed by atoms with E-state index in [0.29, 0.717) is 6.42 Å². The fourth-order valence-electron chi connectivity index (χ4n) is 4.01. The topological polar surface area (TPSA) is 95.7 Å². The maximum Gasteiger partial charge on any atom is 0.269 e. The minimum Gasteiger partial charge on any atom is -0.373 e. The Bertz CT molecular complexity index is 994. The van der Waals surface area contributed by atoms with Crippen molar-refractivity contribution in [1.29, 1.82) is 0 Å². The van der Waals surface area contributed by atoms with E-state index in [1.54, 1.807) is 12.1 Å². The van der Waals surface area contributed by atoms with Crippen molar-refractivity contribution < 1.29 is 22.3 Å². The van der Waals surface area contributed by atoms with Crippen LogP contribution in [0.4, 0.5) is 5.69 Å². The van der Waals surface area contributed by atoms with Gasteiger partial charge in [-0.15, -0.1) is 0 Å². The van der Waals surface area contributed by atoms with Crippen molar-refractivity contribution in [2.75, 3.05) is 6.26 Å². The number of non-ortho nitro benzene ring substituents is 1. The van der Waals surface area contributed by atoms with Gasteiger partial charge in [-0.2, -0.15) is 8.42 Å². The third-order valence-electron chi connectivity index (χ3n) is 5.87. The van der Waals surface area contributed by atoms with Crippen LogP contribution in [-0.2, 0) is 19.0 Å². The molecule has 2 aromatic rings. The van der Waals surface area contributed by atoms with Crippen LogP contribution >= 0.6 is 0 Å². The van der Waals surface area contributed by atoms with Gasteiger partial charge < -0.3 is 4.74 Å². The molecule has 162 valence electrons. The van der Waals surface area contributed by atoms with Crippen LogP contribution in [0.5, 0.6) is 0 Å². The standard InChI is InChI=1S/C21H27NO6SSi/c1-15-19(28-29(2,25)26)14-20(30(3,4)18-8-6-5-7-9-18)27-21(15)16-10-12-17(13-11-16)22(23)24/h5-13,15,19-21H,14H2,1-4H3/t15-,19-,20+,21+/m1/s1. The summed E-state index contributed by atoms with van der Waals surface area (Å²) in [6.07, 6.45) is 0.581. The Balaban J connectivity index is 1.97. The summed E-state index contributed by atoms with van der Waals surface area (Å²) in [5.41, 5.74) is 0.600. The zero-order chi connectivity index (χ0) is 22.1. The fraction of sp³-hybridized carbons (Fsp3) is 0.429. The minimum absolute atomic E-state index is 0.00156. The predicted octanol–water partition coefficient (Wildman–Crippen LogP) is 3.56. The van der Waals surface area contributed by atoms with Gasteiger partial charge in [-0.1, -0.05) is 55.5 Å². The molecule has 0 bridgehead atoms. The Hall–Kier alpha value is -2.07. The molecular formula is C21H27NO6SSi. The molecule has 4 atom stereocenters. The van der Waals surface area contributed by atoms with Gasteiger partial charge in [0.15, 0.2) is 0 Å². The lowest BCUT2D eigenvalue weighted by molar-refractivity contribution is -0.384. The molecule has 3 rings (SSSR count). The highest BCUT2D eigenvalue weighted by Gasteiger charge is 2.46. The largest absolute Gasteiger partial charge is 0.373 e. The summed E-state index contributed by atoms with van der Waals surface area (Å²) in [4.78, 5) is 10.5. The maximum absolute atomic E-state index is 11.9. The SMILES string of the molecule is C[C@H]1[C@@H](c2ccc([N+](=O)[O-])cc2)O[C@@H]([Si](C)(C)c2ccccc2)C[C@H]1OS(C)(=O)=O. The second kappa shape index (κ2) is 8.58. The smallest absolute Gasteiger partial charge is 0.269 e. The Labute approximate surface area is 178 Å². The van der Waals surface area contributed by atoms with Crippen LogP contribution in [0.2, 0.25) is 13.1 Å². The van der Waals surface area contributed by atoms with Gasteiger partial charge in [0.1, 0.15) is 8.07 Å². The zero-order valence-electron chi connectivity index (χ0n) is 17.5. The van der Waals surface area contributed by atoms with Gasteiger partial charge in [-0.3, -0.25) is 14.3 Å². The van der Waals surface area contributed by atoms with Gasteiger partial charge in [0, 0.05) is 18.1 Å². The van der Waals surface area contributed by atoms with E-state index in [0.717, 1.165) is 11.8 Å². The molecule has 7 nitrogen and oxygen atoms in total. The van der Waals surface area contributed by atoms with Gasteiger partial charge in [-0.25, -0.2) is 0 Å². The number of nitro groups is 1. The number of rotatable bonds is 6. The lowest BCUT2D eigenvalue weighted by atomic mass is 9.88. The first-order chi connectivity index (χ1) is 14.0. The summed E-state index contributed by atoms with van der Waals surface area (Å²) in [7, 11) is -5.78. The van der Waals surface area contributed by atoms with Crippen LogP contribution in [0.25, 0.3) is 0 Å². The van der Waals surface area contributed by atoms with E-state index in [1.807, 2.05) is 25.1 Å². The molecule has 0 unspecified atom stereocenters. The molecule has 9 heteroatoms. The Kier molecular flexibility index (Phi) is 6.47. The third kappa shape index (κ3) is 4.97. The number of nitro benzene ring substituents is 1. The highest BCUT2D eigenvalue weighted by atomic mass is 32.2. The number of benzene rings is 2. The van der Waals surface area contributed by atoms with Gasteiger partial charge in [-0.05, 0) is 24.1 Å². The average molecular weight is 450 g/mol. The van der Waals surface area contributed by atoms with Crippen molar-refractivity contribution in [3.05, 3.63) is 70.3 Å². The molecular weight excluding hydrogens is 422 g/mol. The summed E-state index contributed by atoms with van der Waals surface area (Å²) in [6, 6.07) is 16.4. The van der Waals surface area contributed by atoms with E-state index in [9.17, 15) is 18.5 Å². The summed E-state index contributed by atoms with van der Waals surface area (Å²) in [5.74, 6) is -0.238. The summed E-state index contributed by atoms with van der Waals surface area (Å²) >= 11 is 0. The van der Waals surface area contributed by atoms with Crippen molar-refractivity contribution in [2.45, 2.75) is 44.4 Å². The quantitative estimate of drug-likeness (QED) is 0.290. The molecule has 0 radical (unpaired) electrons. The molecule has 1 aliphatic rings. The lowest BCUT2D eigenvalue weighted by Gasteiger charge is -2.45. The highest BCUT2D eigenvalue weighted by Crippen LogP contribution is 2.41. The van der Waals surface area contributed by atoms with Crippen molar-refractivity contribution >= 4 is 29.1 Å². The Morgan fingerprint density at radius 1 is 1.10 bits per heavy atom. The van der Waals surface area contributed by atoms with Crippen LogP contribution in [0.1, 0.15) is 25.0 Å². The molecule has 0 amide bonds. The lowest BCUT2D eigenvalue weighted by Crippen LogP contribution is -2.58. The summed E-state index contributed by atoms with van der Waals surface area (Å²) in [5, 5.41) is 12.2. The van der Waals surface area contributed by atoms with Gasteiger partial charge in [0.2, 0.25) is 0 Å². The predicted molar refractivity (Wildman–Crippen MR) is 118 cm³/mol. The van der Waals surface area contributed by atoms with Crippen LogP contribution in [0.3, 0.4) is 0 Å². The van der Waals surface area contributed by atoms with Gasteiger partial charge >= 0.3 is 0 Å². The zero-order valence-corrected chi connectivity index (χ0v) is 19.3. The number of ether oxygens (including phenoxy) is 1. The van der Waals surface area contributed by atoms with Crippen molar-refractivity contribution in [3.8, 4) is 0 Å². The van der Waals surface area contributed by atoms with E-state index < -0.39 is 35.3 Å². The van der Waals surface area contributed by atoms with E-state index >= 15 is 0 Å². The fourth-order valence-corrected chi connectivity index (χ4v) is 7.45. The van der Waals surface area contributed by atoms with Crippen molar-refractivity contribution in [3.63, 3.8) is 0 Å². The molecule has 0 saturated carbocycles. The normalized spacial score (nSPS) is 25.1. The molecule has 1 fully saturated rings. The molecule has 1 aliphatic heterocycles. The highest BCUT2D eigenvalue weighted by molar-refractivity contribution is 7.86. The number of hydrogen-bond acceptors (Lipinski definition) is 6. The number of nitrogens with zero attached hydrogens (tertiary/aromatic N) is 1. The number of hydrogen-bond donors (Lipinski definition) is 0. The first-order valence-corrected chi connectivity index (χ1v) is 14.7. The third-order valence-corrected chi connectivity index (χ3v) is 10.3. The van der Waals surface area contributed by atoms with E-state index in [2.05, 4.69) is 25.2 Å². The molecule has 0 N–H and O–H groups in total. The van der Waals surface area contributed by atoms with E-state index in [-0.39, 0.29) is 17.3 Å². The van der Waals surface area contributed by atoms with Crippen LogP contribution in [-0.4, -0.2) is 39.5 Å². The molecule has 1 saturated heterocycles. The van der Waals surface area contributed by atoms with Crippen LogP contribution in [0.15, 0.2) is 54.6 Å². The Morgan fingerprint density at radius 2 is 1.70 bits per heavy atom. The monoisotopic (exact) mass is 449 g/mol. The van der Waals surface area contributed by atoms with E-state index in [4.69, 9.17) is 8.92 Å². The average Bonchev–Trinajstić information content (AvgIpc) is 2.69. The second-order valence-electron chi connectivity index (χ2n) is 8.42. The first-order valence-electron chi connectivity index (χ1n) is 9.82. The molecule has 0 spiro atoms. The maximum atomic E-state index is 11.9. The second-order valence-corrected chi connectivity index (χ2v) is 14.7. The van der Waals surface area contributed by atoms with Crippen molar-refractivity contribution in [2.24, 2.45) is 5.92 Å². The van der Waals surface area contributed by atoms with Gasteiger partial charge in [0.05, 0.1) is 29.1 Å². The molecule has 0 aromatic heterocycles. The summed E-state index contributed by atoms with van der Waals surface area (Å²) in [6.45, 7) is 6.30. The first kappa shape index (κ1) is 22.6.